The Balaban J connectivity index is 0.956. The van der Waals surface area contributed by atoms with Crippen molar-refractivity contribution in [1.82, 2.24) is 35.6 Å². The van der Waals surface area contributed by atoms with Crippen LogP contribution in [0.25, 0.3) is 11.1 Å². The molecule has 2 aromatic heterocycles. The van der Waals surface area contributed by atoms with Gasteiger partial charge in [0.15, 0.2) is 0 Å². The summed E-state index contributed by atoms with van der Waals surface area (Å²) in [6.45, 7) is 9.33. The van der Waals surface area contributed by atoms with Crippen LogP contribution in [-0.4, -0.2) is 68.7 Å². The minimum absolute atomic E-state index is 0.00797. The van der Waals surface area contributed by atoms with E-state index in [9.17, 15) is 14.0 Å². The predicted molar refractivity (Wildman–Crippen MR) is 189 cm³/mol. The standard InChI is InChI=1S/C39H46FN7O3/c1-24-21-47(22-25(2)42-24)23-27-8-10-28(11-9-27)29-6-5-7-32(17-29)50-38-33(18-30(40)20-41-38)36(48)44-35-19-39(35)14-12-31(13-15-39)43-37(49)34-16-26(3)46(4)45-34/h5-11,16-18,20,24-25,31,35,42H,12-15,19,21-23H2,1-4H3,(H,43,49)(H,44,48)/t24-,25+,31?,35?,39?. The number of aromatic nitrogens is 3. The quantitative estimate of drug-likeness (QED) is 0.206. The first kappa shape index (κ1) is 33.9. The summed E-state index contributed by atoms with van der Waals surface area (Å²) >= 11 is 0. The lowest BCUT2D eigenvalue weighted by atomic mass is 9.82. The van der Waals surface area contributed by atoms with Gasteiger partial charge in [0, 0.05) is 56.5 Å². The smallest absolute Gasteiger partial charge is 0.272 e. The summed E-state index contributed by atoms with van der Waals surface area (Å²) in [5.74, 6) is -0.606. The summed E-state index contributed by atoms with van der Waals surface area (Å²) < 4.78 is 22.2. The van der Waals surface area contributed by atoms with Gasteiger partial charge in [0.2, 0.25) is 5.88 Å². The normalized spacial score (nSPS) is 24.9. The molecule has 2 amide bonds. The van der Waals surface area contributed by atoms with Crippen molar-refractivity contribution in [2.24, 2.45) is 12.5 Å². The molecular weight excluding hydrogens is 633 g/mol. The molecule has 1 saturated heterocycles. The largest absolute Gasteiger partial charge is 0.438 e. The highest BCUT2D eigenvalue weighted by atomic mass is 19.1. The average Bonchev–Trinajstić information content (AvgIpc) is 3.63. The Morgan fingerprint density at radius 1 is 0.980 bits per heavy atom. The van der Waals surface area contributed by atoms with Crippen molar-refractivity contribution in [2.75, 3.05) is 13.1 Å². The van der Waals surface area contributed by atoms with Gasteiger partial charge in [-0.05, 0) is 99.2 Å². The molecule has 50 heavy (non-hydrogen) atoms. The molecule has 2 aromatic carbocycles. The van der Waals surface area contributed by atoms with Gasteiger partial charge in [0.25, 0.3) is 11.8 Å². The van der Waals surface area contributed by atoms with E-state index in [1.54, 1.807) is 16.8 Å². The summed E-state index contributed by atoms with van der Waals surface area (Å²) in [6, 6.07) is 20.2. The van der Waals surface area contributed by atoms with Gasteiger partial charge < -0.3 is 20.7 Å². The lowest BCUT2D eigenvalue weighted by Gasteiger charge is -2.36. The second-order valence-corrected chi connectivity index (χ2v) is 14.6. The van der Waals surface area contributed by atoms with Crippen molar-refractivity contribution in [3.63, 3.8) is 0 Å². The van der Waals surface area contributed by atoms with Gasteiger partial charge in [-0.2, -0.15) is 5.10 Å². The molecule has 0 bridgehead atoms. The van der Waals surface area contributed by atoms with E-state index >= 15 is 0 Å². The monoisotopic (exact) mass is 679 g/mol. The van der Waals surface area contributed by atoms with Crippen LogP contribution in [-0.2, 0) is 13.6 Å². The number of benzene rings is 2. The molecule has 3 N–H and O–H groups in total. The van der Waals surface area contributed by atoms with Crippen LogP contribution < -0.4 is 20.7 Å². The Kier molecular flexibility index (Phi) is 9.45. The number of carbonyl (C=O) groups is 2. The molecule has 4 aromatic rings. The third-order valence-corrected chi connectivity index (χ3v) is 10.6. The number of hydrogen-bond acceptors (Lipinski definition) is 7. The fourth-order valence-electron chi connectivity index (χ4n) is 7.76. The van der Waals surface area contributed by atoms with Crippen LogP contribution in [0.15, 0.2) is 66.9 Å². The highest BCUT2D eigenvalue weighted by Crippen LogP contribution is 2.56. The maximum Gasteiger partial charge on any atom is 0.272 e. The molecular formula is C39H46FN7O3. The van der Waals surface area contributed by atoms with Gasteiger partial charge >= 0.3 is 0 Å². The number of halogens is 1. The molecule has 2 aliphatic carbocycles. The first-order valence-corrected chi connectivity index (χ1v) is 17.7. The van der Waals surface area contributed by atoms with Gasteiger partial charge in [-0.15, -0.1) is 0 Å². The van der Waals surface area contributed by atoms with Crippen molar-refractivity contribution >= 4 is 11.8 Å². The minimum atomic E-state index is -0.606. The van der Waals surface area contributed by atoms with Gasteiger partial charge in [0.05, 0.1) is 6.20 Å². The zero-order valence-corrected chi connectivity index (χ0v) is 29.2. The van der Waals surface area contributed by atoms with E-state index in [1.165, 1.54) is 11.6 Å². The number of pyridine rings is 1. The van der Waals surface area contributed by atoms with Crippen molar-refractivity contribution in [1.29, 1.82) is 0 Å². The van der Waals surface area contributed by atoms with E-state index in [-0.39, 0.29) is 34.8 Å². The highest BCUT2D eigenvalue weighted by molar-refractivity contribution is 5.97. The average molecular weight is 680 g/mol. The molecule has 3 heterocycles. The molecule has 2 saturated carbocycles. The Morgan fingerprint density at radius 3 is 2.42 bits per heavy atom. The molecule has 3 fully saturated rings. The van der Waals surface area contributed by atoms with Crippen LogP contribution in [0.4, 0.5) is 4.39 Å². The van der Waals surface area contributed by atoms with Crippen molar-refractivity contribution in [2.45, 2.75) is 83.6 Å². The molecule has 262 valence electrons. The van der Waals surface area contributed by atoms with E-state index in [0.717, 1.165) is 74.8 Å². The maximum absolute atomic E-state index is 14.4. The summed E-state index contributed by atoms with van der Waals surface area (Å²) in [5.41, 5.74) is 4.69. The number of nitrogens with zero attached hydrogens (tertiary/aromatic N) is 4. The second-order valence-electron chi connectivity index (χ2n) is 14.6. The number of rotatable bonds is 9. The van der Waals surface area contributed by atoms with Gasteiger partial charge in [-0.25, -0.2) is 9.37 Å². The summed E-state index contributed by atoms with van der Waals surface area (Å²) in [5, 5.41) is 14.1. The Hall–Kier alpha value is -4.61. The van der Waals surface area contributed by atoms with Crippen LogP contribution in [0.2, 0.25) is 0 Å². The van der Waals surface area contributed by atoms with Crippen LogP contribution in [0.3, 0.4) is 0 Å². The second kappa shape index (κ2) is 14.0. The van der Waals surface area contributed by atoms with E-state index in [1.807, 2.05) is 32.2 Å². The maximum atomic E-state index is 14.4. The topological polar surface area (TPSA) is 113 Å². The van der Waals surface area contributed by atoms with Crippen LogP contribution in [0.5, 0.6) is 11.6 Å². The molecule has 10 nitrogen and oxygen atoms in total. The lowest BCUT2D eigenvalue weighted by Crippen LogP contribution is -2.53. The first-order valence-electron chi connectivity index (χ1n) is 17.7. The summed E-state index contributed by atoms with van der Waals surface area (Å²) in [4.78, 5) is 32.9. The zero-order chi connectivity index (χ0) is 35.0. The summed E-state index contributed by atoms with van der Waals surface area (Å²) in [7, 11) is 1.82. The van der Waals surface area contributed by atoms with E-state index in [2.05, 4.69) is 69.0 Å². The number of amides is 2. The third-order valence-electron chi connectivity index (χ3n) is 10.6. The molecule has 3 aliphatic rings. The number of carbonyl (C=O) groups excluding carboxylic acids is 2. The van der Waals surface area contributed by atoms with Gasteiger partial charge in [-0.3, -0.25) is 19.2 Å². The lowest BCUT2D eigenvalue weighted by molar-refractivity contribution is 0.0911. The highest BCUT2D eigenvalue weighted by Gasteiger charge is 2.56. The van der Waals surface area contributed by atoms with E-state index < -0.39 is 11.7 Å². The first-order chi connectivity index (χ1) is 24.0. The fourth-order valence-corrected chi connectivity index (χ4v) is 7.76. The van der Waals surface area contributed by atoms with Crippen molar-refractivity contribution in [3.05, 3.63) is 95.2 Å². The van der Waals surface area contributed by atoms with Crippen molar-refractivity contribution < 1.29 is 18.7 Å². The molecule has 1 spiro atoms. The van der Waals surface area contributed by atoms with Gasteiger partial charge in [-0.1, -0.05) is 36.4 Å². The predicted octanol–water partition coefficient (Wildman–Crippen LogP) is 5.77. The Labute approximate surface area is 292 Å². The van der Waals surface area contributed by atoms with E-state index in [0.29, 0.717) is 23.5 Å². The van der Waals surface area contributed by atoms with Crippen LogP contribution in [0.1, 0.15) is 78.1 Å². The number of ether oxygens (including phenoxy) is 1. The fraction of sp³-hybridized carbons (Fsp3) is 0.436. The third kappa shape index (κ3) is 7.58. The SMILES string of the molecule is Cc1cc(C(=O)NC2CCC3(CC2)CC3NC(=O)c2cc(F)cnc2Oc2cccc(-c3ccc(CN4C[C@@H](C)N[C@@H](C)C4)cc3)c2)nn1C. The van der Waals surface area contributed by atoms with Crippen LogP contribution >= 0.6 is 0 Å². The molecule has 1 aliphatic heterocycles. The van der Waals surface area contributed by atoms with E-state index in [4.69, 9.17) is 4.74 Å². The van der Waals surface area contributed by atoms with Crippen LogP contribution in [0, 0.1) is 18.2 Å². The molecule has 7 rings (SSSR count). The molecule has 0 radical (unpaired) electrons. The molecule has 11 heteroatoms. The number of hydrogen-bond donors (Lipinski definition) is 3. The number of aryl methyl sites for hydroxylation is 2. The zero-order valence-electron chi connectivity index (χ0n) is 29.2. The molecule has 3 atom stereocenters. The molecule has 1 unspecified atom stereocenters. The number of piperazine rings is 1. The number of nitrogens with one attached hydrogen (secondary N) is 3. The van der Waals surface area contributed by atoms with Crippen molar-refractivity contribution in [3.8, 4) is 22.8 Å². The van der Waals surface area contributed by atoms with Gasteiger partial charge in [0.1, 0.15) is 22.8 Å². The Bertz CT molecular complexity index is 1840. The minimum Gasteiger partial charge on any atom is -0.438 e. The Morgan fingerprint density at radius 2 is 1.72 bits per heavy atom. The summed E-state index contributed by atoms with van der Waals surface area (Å²) in [6.07, 6.45) is 5.34.